The Morgan fingerprint density at radius 3 is 2.95 bits per heavy atom. The molecule has 3 rings (SSSR count). The van der Waals surface area contributed by atoms with E-state index < -0.39 is 5.60 Å². The average Bonchev–Trinajstić information content (AvgIpc) is 2.85. The predicted molar refractivity (Wildman–Crippen MR) is 71.0 cm³/mol. The van der Waals surface area contributed by atoms with Crippen LogP contribution in [0.4, 0.5) is 4.79 Å². The van der Waals surface area contributed by atoms with Crippen LogP contribution < -0.4 is 5.32 Å². The zero-order valence-corrected chi connectivity index (χ0v) is 12.1. The Bertz CT molecular complexity index is 379. The minimum atomic E-state index is -0.424. The van der Waals surface area contributed by atoms with Gasteiger partial charge in [0.2, 0.25) is 0 Å². The van der Waals surface area contributed by atoms with Gasteiger partial charge in [0.15, 0.2) is 0 Å². The van der Waals surface area contributed by atoms with Crippen LogP contribution in [0.2, 0.25) is 0 Å². The van der Waals surface area contributed by atoms with Crippen molar-refractivity contribution in [3.63, 3.8) is 0 Å². The molecule has 0 aromatic rings. The van der Waals surface area contributed by atoms with Crippen molar-refractivity contribution in [1.82, 2.24) is 10.2 Å². The van der Waals surface area contributed by atoms with E-state index in [2.05, 4.69) is 5.32 Å². The molecule has 0 aliphatic carbocycles. The van der Waals surface area contributed by atoms with Gasteiger partial charge in [-0.05, 0) is 33.1 Å². The summed E-state index contributed by atoms with van der Waals surface area (Å²) in [5.41, 5.74) is -0.255. The summed E-state index contributed by atoms with van der Waals surface area (Å²) in [5.74, 6) is 0.501. The van der Waals surface area contributed by atoms with E-state index in [4.69, 9.17) is 9.47 Å². The first-order valence-corrected chi connectivity index (χ1v) is 7.21. The van der Waals surface area contributed by atoms with Gasteiger partial charge in [0.25, 0.3) is 0 Å². The Morgan fingerprint density at radius 1 is 1.42 bits per heavy atom. The molecule has 1 N–H and O–H groups in total. The zero-order valence-electron chi connectivity index (χ0n) is 12.1. The summed E-state index contributed by atoms with van der Waals surface area (Å²) in [7, 11) is 0. The monoisotopic (exact) mass is 268 g/mol. The van der Waals surface area contributed by atoms with E-state index in [1.54, 1.807) is 0 Å². The molecule has 3 atom stereocenters. The van der Waals surface area contributed by atoms with E-state index in [1.165, 1.54) is 0 Å². The molecule has 3 unspecified atom stereocenters. The molecule has 5 heteroatoms. The molecule has 1 amide bonds. The normalized spacial score (nSPS) is 37.9. The molecule has 3 fully saturated rings. The summed E-state index contributed by atoms with van der Waals surface area (Å²) >= 11 is 0. The number of amides is 1. The van der Waals surface area contributed by atoms with E-state index in [0.29, 0.717) is 5.92 Å². The predicted octanol–water partition coefficient (Wildman–Crippen LogP) is 1.23. The lowest BCUT2D eigenvalue weighted by Gasteiger charge is -2.39. The average molecular weight is 268 g/mol. The first kappa shape index (κ1) is 13.2. The van der Waals surface area contributed by atoms with Gasteiger partial charge in [-0.3, -0.25) is 0 Å². The molecule has 3 aliphatic heterocycles. The fraction of sp³-hybridized carbons (Fsp3) is 0.929. The summed E-state index contributed by atoms with van der Waals surface area (Å²) < 4.78 is 11.3. The highest BCUT2D eigenvalue weighted by atomic mass is 16.6. The topological polar surface area (TPSA) is 50.8 Å². The molecule has 5 nitrogen and oxygen atoms in total. The third-order valence-corrected chi connectivity index (χ3v) is 4.64. The summed E-state index contributed by atoms with van der Waals surface area (Å²) in [6.07, 6.45) is 1.16. The number of ether oxygens (including phenoxy) is 2. The van der Waals surface area contributed by atoms with Gasteiger partial charge in [-0.25, -0.2) is 4.79 Å². The van der Waals surface area contributed by atoms with Crippen LogP contribution >= 0.6 is 0 Å². The maximum Gasteiger partial charge on any atom is 0.410 e. The molecule has 1 spiro atoms. The van der Waals surface area contributed by atoms with Gasteiger partial charge in [-0.1, -0.05) is 0 Å². The fourth-order valence-electron chi connectivity index (χ4n) is 3.75. The Hall–Kier alpha value is -0.810. The standard InChI is InChI=1S/C14H24N2O3/c1-13(2,3)19-12(17)16-8-10-6-15-7-11-14(10,9-16)4-5-18-11/h10-11,15H,4-9H2,1-3H3. The van der Waals surface area contributed by atoms with Crippen molar-refractivity contribution in [2.24, 2.45) is 11.3 Å². The van der Waals surface area contributed by atoms with Crippen LogP contribution in [0, 0.1) is 11.3 Å². The van der Waals surface area contributed by atoms with E-state index in [0.717, 1.165) is 39.2 Å². The second-order valence-corrected chi connectivity index (χ2v) is 7.06. The molecule has 0 bridgehead atoms. The van der Waals surface area contributed by atoms with Crippen molar-refractivity contribution in [3.05, 3.63) is 0 Å². The molecule has 3 saturated heterocycles. The molecule has 0 aromatic heterocycles. The van der Waals surface area contributed by atoms with Crippen LogP contribution in [0.25, 0.3) is 0 Å². The van der Waals surface area contributed by atoms with Gasteiger partial charge in [-0.15, -0.1) is 0 Å². The SMILES string of the molecule is CC(C)(C)OC(=O)N1CC2CNCC3OCCC23C1. The summed E-state index contributed by atoms with van der Waals surface area (Å²) in [5, 5.41) is 3.43. The molecule has 3 heterocycles. The van der Waals surface area contributed by atoms with Crippen LogP contribution in [0.1, 0.15) is 27.2 Å². The zero-order chi connectivity index (χ0) is 13.7. The summed E-state index contributed by atoms with van der Waals surface area (Å²) in [4.78, 5) is 14.1. The third kappa shape index (κ3) is 2.23. The Labute approximate surface area is 114 Å². The van der Waals surface area contributed by atoms with Crippen LogP contribution in [-0.2, 0) is 9.47 Å². The van der Waals surface area contributed by atoms with Gasteiger partial charge in [0.1, 0.15) is 5.60 Å². The summed E-state index contributed by atoms with van der Waals surface area (Å²) in [6.45, 7) is 10.0. The first-order chi connectivity index (χ1) is 8.91. The second-order valence-electron chi connectivity index (χ2n) is 7.06. The number of likely N-dealkylation sites (tertiary alicyclic amines) is 1. The maximum atomic E-state index is 12.2. The summed E-state index contributed by atoms with van der Waals surface area (Å²) in [6, 6.07) is 0. The first-order valence-electron chi connectivity index (χ1n) is 7.21. The quantitative estimate of drug-likeness (QED) is 0.718. The van der Waals surface area contributed by atoms with Crippen LogP contribution in [-0.4, -0.2) is 55.5 Å². The number of rotatable bonds is 0. The van der Waals surface area contributed by atoms with Crippen molar-refractivity contribution < 1.29 is 14.3 Å². The molecule has 0 saturated carbocycles. The number of nitrogens with zero attached hydrogens (tertiary/aromatic N) is 1. The van der Waals surface area contributed by atoms with Gasteiger partial charge >= 0.3 is 6.09 Å². The van der Waals surface area contributed by atoms with E-state index in [1.807, 2.05) is 25.7 Å². The van der Waals surface area contributed by atoms with Crippen molar-refractivity contribution in [1.29, 1.82) is 0 Å². The number of carbonyl (C=O) groups is 1. The minimum Gasteiger partial charge on any atom is -0.444 e. The smallest absolute Gasteiger partial charge is 0.410 e. The highest BCUT2D eigenvalue weighted by Crippen LogP contribution is 2.48. The second kappa shape index (κ2) is 4.35. The molecule has 108 valence electrons. The lowest BCUT2D eigenvalue weighted by atomic mass is 9.70. The van der Waals surface area contributed by atoms with Crippen LogP contribution in [0.3, 0.4) is 0 Å². The van der Waals surface area contributed by atoms with Gasteiger partial charge in [0, 0.05) is 38.2 Å². The number of nitrogens with one attached hydrogen (secondary N) is 1. The number of piperidine rings is 1. The van der Waals surface area contributed by atoms with E-state index >= 15 is 0 Å². The lowest BCUT2D eigenvalue weighted by molar-refractivity contribution is 0.00913. The Kier molecular flexibility index (Phi) is 3.02. The van der Waals surface area contributed by atoms with Crippen molar-refractivity contribution >= 4 is 6.09 Å². The number of carbonyl (C=O) groups excluding carboxylic acids is 1. The molecular formula is C14H24N2O3. The van der Waals surface area contributed by atoms with Crippen molar-refractivity contribution in [2.75, 3.05) is 32.8 Å². The van der Waals surface area contributed by atoms with Gasteiger partial charge < -0.3 is 19.7 Å². The molecule has 0 radical (unpaired) electrons. The Morgan fingerprint density at radius 2 is 2.21 bits per heavy atom. The lowest BCUT2D eigenvalue weighted by Crippen LogP contribution is -2.52. The fourth-order valence-corrected chi connectivity index (χ4v) is 3.75. The van der Waals surface area contributed by atoms with Crippen molar-refractivity contribution in [2.45, 2.75) is 38.9 Å². The largest absolute Gasteiger partial charge is 0.444 e. The molecule has 3 aliphatic rings. The molecule has 19 heavy (non-hydrogen) atoms. The molecule has 0 aromatic carbocycles. The van der Waals surface area contributed by atoms with E-state index in [-0.39, 0.29) is 17.6 Å². The molecular weight excluding hydrogens is 244 g/mol. The highest BCUT2D eigenvalue weighted by molar-refractivity contribution is 5.68. The van der Waals surface area contributed by atoms with Gasteiger partial charge in [-0.2, -0.15) is 0 Å². The Balaban J connectivity index is 1.73. The van der Waals surface area contributed by atoms with Crippen molar-refractivity contribution in [3.8, 4) is 0 Å². The van der Waals surface area contributed by atoms with E-state index in [9.17, 15) is 4.79 Å². The van der Waals surface area contributed by atoms with Crippen LogP contribution in [0.15, 0.2) is 0 Å². The third-order valence-electron chi connectivity index (χ3n) is 4.64. The number of hydrogen-bond acceptors (Lipinski definition) is 4. The van der Waals surface area contributed by atoms with Crippen LogP contribution in [0.5, 0.6) is 0 Å². The number of hydrogen-bond donors (Lipinski definition) is 1. The highest BCUT2D eigenvalue weighted by Gasteiger charge is 2.57. The maximum absolute atomic E-state index is 12.2. The van der Waals surface area contributed by atoms with Gasteiger partial charge in [0.05, 0.1) is 6.10 Å². The minimum absolute atomic E-state index is 0.169.